The minimum atomic E-state index is -3.53. The monoisotopic (exact) mass is 374 g/mol. The normalized spacial score (nSPS) is 19.4. The molecule has 2 N–H and O–H groups in total. The van der Waals surface area contributed by atoms with Gasteiger partial charge in [-0.05, 0) is 48.2 Å². The molecular formula is C19H22N2O4S. The average molecular weight is 374 g/mol. The van der Waals surface area contributed by atoms with Gasteiger partial charge in [-0.1, -0.05) is 24.3 Å². The Kier molecular flexibility index (Phi) is 4.88. The fourth-order valence-electron chi connectivity index (χ4n) is 3.17. The van der Waals surface area contributed by atoms with Crippen LogP contribution in [0.5, 0.6) is 0 Å². The van der Waals surface area contributed by atoms with Crippen molar-refractivity contribution in [1.29, 1.82) is 0 Å². The summed E-state index contributed by atoms with van der Waals surface area (Å²) in [6.45, 7) is 0.112. The minimum Gasteiger partial charge on any atom is -0.383 e. The molecule has 3 rings (SSSR count). The fraction of sp³-hybridized carbons (Fsp3) is 0.316. The number of rotatable bonds is 5. The SMILES string of the molecule is CN(C)S(=O)(=O)c1ccc(C(=O)NCC2(O)CCc3ccccc32)cc1. The van der Waals surface area contributed by atoms with Crippen molar-refractivity contribution in [2.75, 3.05) is 20.6 Å². The average Bonchev–Trinajstić information content (AvgIpc) is 2.97. The van der Waals surface area contributed by atoms with Crippen molar-refractivity contribution in [2.45, 2.75) is 23.3 Å². The van der Waals surface area contributed by atoms with Crippen LogP contribution in [-0.2, 0) is 22.0 Å². The van der Waals surface area contributed by atoms with Gasteiger partial charge in [0.05, 0.1) is 11.4 Å². The molecule has 0 heterocycles. The summed E-state index contributed by atoms with van der Waals surface area (Å²) in [6.07, 6.45) is 1.34. The highest BCUT2D eigenvalue weighted by atomic mass is 32.2. The predicted octanol–water partition coefficient (Wildman–Crippen LogP) is 1.50. The van der Waals surface area contributed by atoms with Crippen molar-refractivity contribution in [2.24, 2.45) is 0 Å². The molecule has 0 fully saturated rings. The highest BCUT2D eigenvalue weighted by Gasteiger charge is 2.36. The molecule has 0 spiro atoms. The van der Waals surface area contributed by atoms with E-state index in [1.165, 1.54) is 38.4 Å². The van der Waals surface area contributed by atoms with Crippen LogP contribution in [0, 0.1) is 0 Å². The molecule has 0 aliphatic heterocycles. The molecule has 0 radical (unpaired) electrons. The number of hydrogen-bond acceptors (Lipinski definition) is 4. The zero-order valence-corrected chi connectivity index (χ0v) is 15.6. The minimum absolute atomic E-state index is 0.112. The van der Waals surface area contributed by atoms with E-state index >= 15 is 0 Å². The van der Waals surface area contributed by atoms with Crippen LogP contribution in [-0.4, -0.2) is 44.4 Å². The molecule has 0 saturated carbocycles. The zero-order valence-electron chi connectivity index (χ0n) is 14.8. The van der Waals surface area contributed by atoms with Crippen LogP contribution in [0.1, 0.15) is 27.9 Å². The topological polar surface area (TPSA) is 86.7 Å². The standard InChI is InChI=1S/C19H22N2O4S/c1-21(2)26(24,25)16-9-7-15(8-10-16)18(22)20-13-19(23)12-11-14-5-3-4-6-17(14)19/h3-10,23H,11-13H2,1-2H3,(H,20,22). The maximum Gasteiger partial charge on any atom is 0.251 e. The van der Waals surface area contributed by atoms with Crippen molar-refractivity contribution >= 4 is 15.9 Å². The van der Waals surface area contributed by atoms with E-state index in [2.05, 4.69) is 5.32 Å². The van der Waals surface area contributed by atoms with Crippen LogP contribution in [0.4, 0.5) is 0 Å². The molecule has 1 atom stereocenters. The van der Waals surface area contributed by atoms with Gasteiger partial charge in [-0.3, -0.25) is 4.79 Å². The Bertz CT molecular complexity index is 923. The number of carbonyl (C=O) groups is 1. The number of sulfonamides is 1. The number of carbonyl (C=O) groups excluding carboxylic acids is 1. The Morgan fingerprint density at radius 3 is 2.46 bits per heavy atom. The molecular weight excluding hydrogens is 352 g/mol. The number of nitrogens with zero attached hydrogens (tertiary/aromatic N) is 1. The molecule has 2 aromatic carbocycles. The van der Waals surface area contributed by atoms with Crippen LogP contribution >= 0.6 is 0 Å². The van der Waals surface area contributed by atoms with Crippen molar-refractivity contribution in [1.82, 2.24) is 9.62 Å². The molecule has 0 aromatic heterocycles. The molecule has 7 heteroatoms. The fourth-order valence-corrected chi connectivity index (χ4v) is 4.07. The first-order chi connectivity index (χ1) is 12.2. The van der Waals surface area contributed by atoms with Gasteiger partial charge in [0.2, 0.25) is 10.0 Å². The van der Waals surface area contributed by atoms with Gasteiger partial charge in [-0.25, -0.2) is 12.7 Å². The molecule has 138 valence electrons. The first kappa shape index (κ1) is 18.6. The predicted molar refractivity (Wildman–Crippen MR) is 98.3 cm³/mol. The smallest absolute Gasteiger partial charge is 0.251 e. The molecule has 1 aliphatic carbocycles. The van der Waals surface area contributed by atoms with E-state index in [-0.39, 0.29) is 17.3 Å². The Morgan fingerprint density at radius 1 is 1.15 bits per heavy atom. The van der Waals surface area contributed by atoms with Gasteiger partial charge in [0.25, 0.3) is 5.91 Å². The Labute approximate surface area is 153 Å². The second-order valence-corrected chi connectivity index (χ2v) is 8.84. The summed E-state index contributed by atoms with van der Waals surface area (Å²) in [5.74, 6) is -0.350. The van der Waals surface area contributed by atoms with Gasteiger partial charge in [-0.15, -0.1) is 0 Å². The maximum absolute atomic E-state index is 12.4. The lowest BCUT2D eigenvalue weighted by Gasteiger charge is -2.24. The van der Waals surface area contributed by atoms with Crippen LogP contribution in [0.25, 0.3) is 0 Å². The van der Waals surface area contributed by atoms with Crippen molar-refractivity contribution in [3.05, 3.63) is 65.2 Å². The summed E-state index contributed by atoms with van der Waals surface area (Å²) >= 11 is 0. The quantitative estimate of drug-likeness (QED) is 0.830. The van der Waals surface area contributed by atoms with Crippen LogP contribution in [0.3, 0.4) is 0 Å². The second kappa shape index (κ2) is 6.83. The van der Waals surface area contributed by atoms with Gasteiger partial charge in [0, 0.05) is 19.7 Å². The first-order valence-electron chi connectivity index (χ1n) is 8.36. The van der Waals surface area contributed by atoms with Crippen molar-refractivity contribution in [3.8, 4) is 0 Å². The van der Waals surface area contributed by atoms with Gasteiger partial charge in [0.15, 0.2) is 0 Å². The lowest BCUT2D eigenvalue weighted by Crippen LogP contribution is -2.39. The summed E-state index contributed by atoms with van der Waals surface area (Å²) in [4.78, 5) is 12.5. The maximum atomic E-state index is 12.4. The van der Waals surface area contributed by atoms with Gasteiger partial charge >= 0.3 is 0 Å². The highest BCUT2D eigenvalue weighted by molar-refractivity contribution is 7.89. The number of nitrogens with one attached hydrogen (secondary N) is 1. The third-order valence-electron chi connectivity index (χ3n) is 4.76. The molecule has 1 amide bonds. The Morgan fingerprint density at radius 2 is 1.81 bits per heavy atom. The van der Waals surface area contributed by atoms with E-state index in [4.69, 9.17) is 0 Å². The summed E-state index contributed by atoms with van der Waals surface area (Å²) in [5.41, 5.74) is 1.23. The van der Waals surface area contributed by atoms with E-state index in [1.807, 2.05) is 24.3 Å². The highest BCUT2D eigenvalue weighted by Crippen LogP contribution is 2.36. The second-order valence-electron chi connectivity index (χ2n) is 6.68. The largest absolute Gasteiger partial charge is 0.383 e. The zero-order chi connectivity index (χ0) is 18.9. The number of benzene rings is 2. The van der Waals surface area contributed by atoms with E-state index in [1.54, 1.807) is 0 Å². The van der Waals surface area contributed by atoms with E-state index in [0.717, 1.165) is 21.9 Å². The third kappa shape index (κ3) is 3.38. The molecule has 0 saturated heterocycles. The van der Waals surface area contributed by atoms with E-state index < -0.39 is 15.6 Å². The summed E-state index contributed by atoms with van der Waals surface area (Å²) in [7, 11) is -0.617. The molecule has 26 heavy (non-hydrogen) atoms. The van der Waals surface area contributed by atoms with E-state index in [0.29, 0.717) is 12.0 Å². The van der Waals surface area contributed by atoms with Gasteiger partial charge < -0.3 is 10.4 Å². The molecule has 6 nitrogen and oxygen atoms in total. The van der Waals surface area contributed by atoms with Crippen molar-refractivity contribution in [3.63, 3.8) is 0 Å². The van der Waals surface area contributed by atoms with Gasteiger partial charge in [-0.2, -0.15) is 0 Å². The lowest BCUT2D eigenvalue weighted by atomic mass is 9.96. The number of hydrogen-bond donors (Lipinski definition) is 2. The van der Waals surface area contributed by atoms with Crippen molar-refractivity contribution < 1.29 is 18.3 Å². The van der Waals surface area contributed by atoms with Crippen LogP contribution < -0.4 is 5.32 Å². The number of amides is 1. The summed E-state index contributed by atoms with van der Waals surface area (Å²) in [6, 6.07) is 13.4. The lowest BCUT2D eigenvalue weighted by molar-refractivity contribution is 0.0369. The Balaban J connectivity index is 1.70. The van der Waals surface area contributed by atoms with Crippen LogP contribution in [0.2, 0.25) is 0 Å². The van der Waals surface area contributed by atoms with Crippen LogP contribution in [0.15, 0.2) is 53.4 Å². The molecule has 0 bridgehead atoms. The summed E-state index contributed by atoms with van der Waals surface area (Å²) < 4.78 is 25.2. The third-order valence-corrected chi connectivity index (χ3v) is 6.59. The van der Waals surface area contributed by atoms with Gasteiger partial charge in [0.1, 0.15) is 5.60 Å². The van der Waals surface area contributed by atoms with E-state index in [9.17, 15) is 18.3 Å². The number of aryl methyl sites for hydroxylation is 1. The molecule has 1 aliphatic rings. The number of aliphatic hydroxyl groups is 1. The molecule has 2 aromatic rings. The molecule has 1 unspecified atom stereocenters. The Hall–Kier alpha value is -2.22. The first-order valence-corrected chi connectivity index (χ1v) is 9.80. The summed E-state index contributed by atoms with van der Waals surface area (Å²) in [5, 5.41) is 13.6. The number of fused-ring (bicyclic) bond motifs is 1.